The first kappa shape index (κ1) is 16.8. The molecule has 1 saturated heterocycles. The number of nitrogens with one attached hydrogen (secondary N) is 2. The second-order valence-corrected chi connectivity index (χ2v) is 6.29. The Bertz CT molecular complexity index is 530. The first-order valence-electron chi connectivity index (χ1n) is 6.98. The van der Waals surface area contributed by atoms with Crippen molar-refractivity contribution < 1.29 is 18.7 Å². The van der Waals surface area contributed by atoms with Crippen molar-refractivity contribution in [1.82, 2.24) is 10.6 Å². The molecule has 1 heterocycles. The molecular formula is C15H19FN2O3S. The van der Waals surface area contributed by atoms with Crippen LogP contribution in [-0.4, -0.2) is 42.6 Å². The fourth-order valence-electron chi connectivity index (χ4n) is 2.15. The normalized spacial score (nSPS) is 20.6. The number of rotatable bonds is 5. The fourth-order valence-corrected chi connectivity index (χ4v) is 3.54. The molecule has 0 spiro atoms. The lowest BCUT2D eigenvalue weighted by atomic mass is 10.0. The van der Waals surface area contributed by atoms with Crippen LogP contribution < -0.4 is 10.6 Å². The summed E-state index contributed by atoms with van der Waals surface area (Å²) >= 11 is 1.77. The smallest absolute Gasteiger partial charge is 0.309 e. The lowest BCUT2D eigenvalue weighted by molar-refractivity contribution is -0.140. The second-order valence-electron chi connectivity index (χ2n) is 5.18. The third-order valence-electron chi connectivity index (χ3n) is 3.64. The van der Waals surface area contributed by atoms with Crippen LogP contribution in [0.5, 0.6) is 0 Å². The van der Waals surface area contributed by atoms with Crippen molar-refractivity contribution in [3.8, 4) is 0 Å². The Hall–Kier alpha value is -1.60. The molecule has 0 aliphatic carbocycles. The van der Waals surface area contributed by atoms with E-state index in [0.717, 1.165) is 23.5 Å². The number of hydrogen-bond donors (Lipinski definition) is 2. The summed E-state index contributed by atoms with van der Waals surface area (Å²) in [5, 5.41) is 5.12. The molecule has 0 saturated carbocycles. The van der Waals surface area contributed by atoms with Crippen LogP contribution in [-0.2, 0) is 20.9 Å². The SMILES string of the molecule is COC1(CNC(=O)C(=O)NCc2ccc(F)cc2)CCSC1. The van der Waals surface area contributed by atoms with Crippen molar-refractivity contribution >= 4 is 23.6 Å². The Labute approximate surface area is 133 Å². The predicted molar refractivity (Wildman–Crippen MR) is 82.9 cm³/mol. The van der Waals surface area contributed by atoms with E-state index in [4.69, 9.17) is 4.74 Å². The molecule has 0 radical (unpaired) electrons. The third kappa shape index (κ3) is 4.45. The molecule has 2 N–H and O–H groups in total. The van der Waals surface area contributed by atoms with Crippen LogP contribution in [0.3, 0.4) is 0 Å². The minimum atomic E-state index is -0.707. The molecule has 0 aromatic heterocycles. The van der Waals surface area contributed by atoms with Crippen molar-refractivity contribution in [2.24, 2.45) is 0 Å². The Morgan fingerprint density at radius 2 is 1.95 bits per heavy atom. The van der Waals surface area contributed by atoms with Gasteiger partial charge in [0.1, 0.15) is 5.82 Å². The van der Waals surface area contributed by atoms with E-state index >= 15 is 0 Å². The van der Waals surface area contributed by atoms with E-state index in [-0.39, 0.29) is 18.0 Å². The third-order valence-corrected chi connectivity index (χ3v) is 4.87. The van der Waals surface area contributed by atoms with E-state index < -0.39 is 11.8 Å². The number of halogens is 1. The van der Waals surface area contributed by atoms with Crippen LogP contribution in [0.25, 0.3) is 0 Å². The molecule has 1 aliphatic rings. The number of hydrogen-bond acceptors (Lipinski definition) is 4. The maximum Gasteiger partial charge on any atom is 0.309 e. The van der Waals surface area contributed by atoms with Gasteiger partial charge in [0, 0.05) is 26.0 Å². The van der Waals surface area contributed by atoms with Crippen molar-refractivity contribution in [3.63, 3.8) is 0 Å². The van der Waals surface area contributed by atoms with Gasteiger partial charge in [0.25, 0.3) is 0 Å². The molecule has 1 atom stereocenters. The van der Waals surface area contributed by atoms with Gasteiger partial charge in [-0.05, 0) is 29.9 Å². The van der Waals surface area contributed by atoms with Crippen LogP contribution in [0.15, 0.2) is 24.3 Å². The van der Waals surface area contributed by atoms with E-state index in [9.17, 15) is 14.0 Å². The van der Waals surface area contributed by atoms with Crippen LogP contribution in [0.1, 0.15) is 12.0 Å². The highest BCUT2D eigenvalue weighted by Crippen LogP contribution is 2.30. The molecular weight excluding hydrogens is 307 g/mol. The highest BCUT2D eigenvalue weighted by molar-refractivity contribution is 7.99. The summed E-state index contributed by atoms with van der Waals surface area (Å²) in [5.41, 5.74) is 0.348. The number of thioether (sulfide) groups is 1. The Balaban J connectivity index is 1.77. The Morgan fingerprint density at radius 1 is 1.27 bits per heavy atom. The largest absolute Gasteiger partial charge is 0.376 e. The summed E-state index contributed by atoms with van der Waals surface area (Å²) in [6, 6.07) is 5.73. The van der Waals surface area contributed by atoms with Crippen molar-refractivity contribution in [2.75, 3.05) is 25.2 Å². The first-order chi connectivity index (χ1) is 10.5. The van der Waals surface area contributed by atoms with E-state index in [1.165, 1.54) is 12.1 Å². The summed E-state index contributed by atoms with van der Waals surface area (Å²) in [6.45, 7) is 0.497. The molecule has 120 valence electrons. The molecule has 1 aromatic carbocycles. The first-order valence-corrected chi connectivity index (χ1v) is 8.13. The molecule has 1 fully saturated rings. The number of carbonyl (C=O) groups excluding carboxylic acids is 2. The molecule has 1 aliphatic heterocycles. The van der Waals surface area contributed by atoms with Gasteiger partial charge in [-0.15, -0.1) is 0 Å². The van der Waals surface area contributed by atoms with Crippen molar-refractivity contribution in [3.05, 3.63) is 35.6 Å². The van der Waals surface area contributed by atoms with Gasteiger partial charge in [-0.1, -0.05) is 12.1 Å². The number of amides is 2. The highest BCUT2D eigenvalue weighted by Gasteiger charge is 2.35. The van der Waals surface area contributed by atoms with Crippen LogP contribution in [0, 0.1) is 5.82 Å². The quantitative estimate of drug-likeness (QED) is 0.795. The zero-order valence-corrected chi connectivity index (χ0v) is 13.2. The van der Waals surface area contributed by atoms with Crippen molar-refractivity contribution in [2.45, 2.75) is 18.6 Å². The highest BCUT2D eigenvalue weighted by atomic mass is 32.2. The standard InChI is InChI=1S/C15H19FN2O3S/c1-21-15(6-7-22-10-15)9-18-14(20)13(19)17-8-11-2-4-12(16)5-3-11/h2-5H,6-10H2,1H3,(H,17,19)(H,18,20). The van der Waals surface area contributed by atoms with Gasteiger partial charge in [0.2, 0.25) is 0 Å². The van der Waals surface area contributed by atoms with Gasteiger partial charge in [0.05, 0.1) is 5.60 Å². The molecule has 2 rings (SSSR count). The monoisotopic (exact) mass is 326 g/mol. The van der Waals surface area contributed by atoms with Gasteiger partial charge < -0.3 is 15.4 Å². The maximum atomic E-state index is 12.8. The van der Waals surface area contributed by atoms with Gasteiger partial charge >= 0.3 is 11.8 Å². The zero-order chi connectivity index (χ0) is 16.0. The Kier molecular flexibility index (Phi) is 5.79. The van der Waals surface area contributed by atoms with E-state index in [1.54, 1.807) is 31.0 Å². The summed E-state index contributed by atoms with van der Waals surface area (Å²) in [7, 11) is 1.62. The summed E-state index contributed by atoms with van der Waals surface area (Å²) in [5.74, 6) is 0.0605. The number of ether oxygens (including phenoxy) is 1. The molecule has 0 bridgehead atoms. The summed E-state index contributed by atoms with van der Waals surface area (Å²) < 4.78 is 18.2. The molecule has 5 nitrogen and oxygen atoms in total. The van der Waals surface area contributed by atoms with E-state index in [0.29, 0.717) is 6.54 Å². The average molecular weight is 326 g/mol. The summed E-state index contributed by atoms with van der Waals surface area (Å²) in [4.78, 5) is 23.5. The van der Waals surface area contributed by atoms with Gasteiger partial charge in [-0.3, -0.25) is 9.59 Å². The fraction of sp³-hybridized carbons (Fsp3) is 0.467. The molecule has 1 unspecified atom stereocenters. The van der Waals surface area contributed by atoms with Crippen LogP contribution >= 0.6 is 11.8 Å². The number of carbonyl (C=O) groups is 2. The van der Waals surface area contributed by atoms with E-state index in [2.05, 4.69) is 10.6 Å². The minimum Gasteiger partial charge on any atom is -0.376 e. The van der Waals surface area contributed by atoms with Gasteiger partial charge in [-0.2, -0.15) is 11.8 Å². The van der Waals surface area contributed by atoms with Crippen LogP contribution in [0.4, 0.5) is 4.39 Å². The average Bonchev–Trinajstić information content (AvgIpc) is 3.01. The molecule has 1 aromatic rings. The second kappa shape index (κ2) is 7.60. The van der Waals surface area contributed by atoms with Gasteiger partial charge in [-0.25, -0.2) is 4.39 Å². The number of methoxy groups -OCH3 is 1. The topological polar surface area (TPSA) is 67.4 Å². The van der Waals surface area contributed by atoms with Crippen LogP contribution in [0.2, 0.25) is 0 Å². The molecule has 7 heteroatoms. The van der Waals surface area contributed by atoms with E-state index in [1.807, 2.05) is 0 Å². The summed E-state index contributed by atoms with van der Waals surface area (Å²) in [6.07, 6.45) is 0.853. The van der Waals surface area contributed by atoms with Crippen molar-refractivity contribution in [1.29, 1.82) is 0 Å². The van der Waals surface area contributed by atoms with Gasteiger partial charge in [0.15, 0.2) is 0 Å². The maximum absolute atomic E-state index is 12.8. The lowest BCUT2D eigenvalue weighted by Crippen LogP contribution is -2.48. The minimum absolute atomic E-state index is 0.178. The zero-order valence-electron chi connectivity index (χ0n) is 12.4. The lowest BCUT2D eigenvalue weighted by Gasteiger charge is -2.26. The molecule has 22 heavy (non-hydrogen) atoms. The molecule has 2 amide bonds. The Morgan fingerprint density at radius 3 is 2.55 bits per heavy atom. The number of benzene rings is 1. The predicted octanol–water partition coefficient (Wildman–Crippen LogP) is 1.08.